The van der Waals surface area contributed by atoms with Crippen molar-refractivity contribution in [3.05, 3.63) is 60.4 Å². The lowest BCUT2D eigenvalue weighted by atomic mass is 10.1. The molecular weight excluding hydrogens is 376 g/mol. The van der Waals surface area contributed by atoms with Crippen molar-refractivity contribution in [3.8, 4) is 5.69 Å². The topological polar surface area (TPSA) is 58.4 Å². The van der Waals surface area contributed by atoms with E-state index in [2.05, 4.69) is 22.8 Å². The zero-order chi connectivity index (χ0) is 21.1. The largest absolute Gasteiger partial charge is 0.339 e. The number of imidazole rings is 1. The van der Waals surface area contributed by atoms with Crippen LogP contribution in [-0.2, 0) is 16.0 Å². The first-order valence-electron chi connectivity index (χ1n) is 10.6. The van der Waals surface area contributed by atoms with E-state index in [1.54, 1.807) is 0 Å². The quantitative estimate of drug-likeness (QED) is 0.656. The zero-order valence-corrected chi connectivity index (χ0v) is 17.6. The highest BCUT2D eigenvalue weighted by atomic mass is 16.2. The van der Waals surface area contributed by atoms with Gasteiger partial charge >= 0.3 is 0 Å². The van der Waals surface area contributed by atoms with E-state index in [9.17, 15) is 9.59 Å². The van der Waals surface area contributed by atoms with Crippen LogP contribution in [0.2, 0.25) is 0 Å². The van der Waals surface area contributed by atoms with Crippen LogP contribution in [-0.4, -0.2) is 57.3 Å². The first-order chi connectivity index (χ1) is 14.5. The lowest BCUT2D eigenvalue weighted by molar-refractivity contribution is -0.141. The van der Waals surface area contributed by atoms with Crippen molar-refractivity contribution < 1.29 is 9.59 Å². The molecule has 0 atom stereocenters. The molecule has 2 aromatic carbocycles. The van der Waals surface area contributed by atoms with Crippen LogP contribution in [0.4, 0.5) is 0 Å². The van der Waals surface area contributed by atoms with Crippen molar-refractivity contribution in [3.63, 3.8) is 0 Å². The van der Waals surface area contributed by atoms with Crippen molar-refractivity contribution in [1.29, 1.82) is 0 Å². The second-order valence-corrected chi connectivity index (χ2v) is 8.05. The van der Waals surface area contributed by atoms with Gasteiger partial charge in [-0.25, -0.2) is 4.98 Å². The molecule has 0 bridgehead atoms. The zero-order valence-electron chi connectivity index (χ0n) is 17.6. The van der Waals surface area contributed by atoms with Crippen LogP contribution in [0.15, 0.2) is 54.6 Å². The molecular formula is C24H28N4O2. The Morgan fingerprint density at radius 3 is 2.23 bits per heavy atom. The number of benzene rings is 2. The van der Waals surface area contributed by atoms with Gasteiger partial charge in [0.2, 0.25) is 11.8 Å². The minimum atomic E-state index is -0.00164. The standard InChI is InChI=1S/C24H28N4O2/c1-18(2)24(30)27-16-14-26(15-17-27)23(29)13-12-22-25-20-10-6-7-11-21(20)28(22)19-8-4-3-5-9-19/h3-11,18H,12-17H2,1-2H3. The maximum atomic E-state index is 12.8. The van der Waals surface area contributed by atoms with E-state index in [0.717, 1.165) is 22.5 Å². The molecule has 2 heterocycles. The van der Waals surface area contributed by atoms with E-state index in [1.165, 1.54) is 0 Å². The number of rotatable bonds is 5. The summed E-state index contributed by atoms with van der Waals surface area (Å²) in [5.74, 6) is 1.18. The minimum absolute atomic E-state index is 0.00164. The summed E-state index contributed by atoms with van der Waals surface area (Å²) in [6.45, 7) is 6.27. The van der Waals surface area contributed by atoms with Gasteiger partial charge in [0.05, 0.1) is 11.0 Å². The molecule has 1 aliphatic rings. The summed E-state index contributed by atoms with van der Waals surface area (Å²) in [6.07, 6.45) is 0.988. The lowest BCUT2D eigenvalue weighted by Gasteiger charge is -2.35. The average molecular weight is 405 g/mol. The fourth-order valence-electron chi connectivity index (χ4n) is 4.03. The molecule has 1 fully saturated rings. The normalized spacial score (nSPS) is 14.5. The average Bonchev–Trinajstić information content (AvgIpc) is 3.16. The van der Waals surface area contributed by atoms with Gasteiger partial charge in [0.25, 0.3) is 0 Å². The first kappa shape index (κ1) is 20.1. The van der Waals surface area contributed by atoms with Crippen molar-refractivity contribution in [2.24, 2.45) is 5.92 Å². The molecule has 1 aliphatic heterocycles. The van der Waals surface area contributed by atoms with Crippen molar-refractivity contribution in [1.82, 2.24) is 19.4 Å². The summed E-state index contributed by atoms with van der Waals surface area (Å²) in [6, 6.07) is 18.2. The second kappa shape index (κ2) is 8.69. The number of hydrogen-bond acceptors (Lipinski definition) is 3. The third kappa shape index (κ3) is 4.08. The Morgan fingerprint density at radius 2 is 1.53 bits per heavy atom. The highest BCUT2D eigenvalue weighted by Gasteiger charge is 2.25. The second-order valence-electron chi connectivity index (χ2n) is 8.05. The summed E-state index contributed by atoms with van der Waals surface area (Å²) >= 11 is 0. The molecule has 1 saturated heterocycles. The van der Waals surface area contributed by atoms with E-state index >= 15 is 0 Å². The Hall–Kier alpha value is -3.15. The molecule has 4 rings (SSSR count). The van der Waals surface area contributed by atoms with E-state index in [4.69, 9.17) is 4.98 Å². The van der Waals surface area contributed by atoms with Gasteiger partial charge in [-0.3, -0.25) is 14.2 Å². The van der Waals surface area contributed by atoms with Crippen LogP contribution in [0.1, 0.15) is 26.1 Å². The molecule has 0 N–H and O–H groups in total. The van der Waals surface area contributed by atoms with Gasteiger partial charge in [-0.05, 0) is 24.3 Å². The van der Waals surface area contributed by atoms with Gasteiger partial charge in [-0.15, -0.1) is 0 Å². The minimum Gasteiger partial charge on any atom is -0.339 e. The molecule has 0 saturated carbocycles. The summed E-state index contributed by atoms with van der Waals surface area (Å²) in [7, 11) is 0. The van der Waals surface area contributed by atoms with Gasteiger partial charge in [0.15, 0.2) is 0 Å². The fraction of sp³-hybridized carbons (Fsp3) is 0.375. The number of fused-ring (bicyclic) bond motifs is 1. The van der Waals surface area contributed by atoms with E-state index in [1.807, 2.05) is 60.0 Å². The lowest BCUT2D eigenvalue weighted by Crippen LogP contribution is -2.51. The van der Waals surface area contributed by atoms with Crippen molar-refractivity contribution >= 4 is 22.8 Å². The van der Waals surface area contributed by atoms with Crippen LogP contribution >= 0.6 is 0 Å². The third-order valence-corrected chi connectivity index (χ3v) is 5.65. The van der Waals surface area contributed by atoms with Gasteiger partial charge in [-0.2, -0.15) is 0 Å². The molecule has 156 valence electrons. The number of piperazine rings is 1. The third-order valence-electron chi connectivity index (χ3n) is 5.65. The van der Waals surface area contributed by atoms with Gasteiger partial charge < -0.3 is 9.80 Å². The highest BCUT2D eigenvalue weighted by Crippen LogP contribution is 2.22. The predicted molar refractivity (Wildman–Crippen MR) is 117 cm³/mol. The van der Waals surface area contributed by atoms with Crippen LogP contribution in [0.5, 0.6) is 0 Å². The summed E-state index contributed by atoms with van der Waals surface area (Å²) < 4.78 is 2.14. The van der Waals surface area contributed by atoms with Gasteiger partial charge in [-0.1, -0.05) is 44.2 Å². The predicted octanol–water partition coefficient (Wildman–Crippen LogP) is 3.28. The molecule has 0 aliphatic carbocycles. The molecule has 0 unspecified atom stereocenters. The van der Waals surface area contributed by atoms with Gasteiger partial charge in [0, 0.05) is 50.6 Å². The van der Waals surface area contributed by atoms with Crippen LogP contribution in [0.3, 0.4) is 0 Å². The monoisotopic (exact) mass is 404 g/mol. The number of hydrogen-bond donors (Lipinski definition) is 0. The SMILES string of the molecule is CC(C)C(=O)N1CCN(C(=O)CCc2nc3ccccc3n2-c2ccccc2)CC1. The van der Waals surface area contributed by atoms with Gasteiger partial charge in [0.1, 0.15) is 5.82 Å². The molecule has 1 aromatic heterocycles. The van der Waals surface area contributed by atoms with E-state index in [-0.39, 0.29) is 17.7 Å². The number of carbonyl (C=O) groups excluding carboxylic acids is 2. The van der Waals surface area contributed by atoms with E-state index in [0.29, 0.717) is 39.0 Å². The Bertz CT molecular complexity index is 1030. The van der Waals surface area contributed by atoms with Crippen LogP contribution in [0, 0.1) is 5.92 Å². The van der Waals surface area contributed by atoms with Crippen LogP contribution < -0.4 is 0 Å². The number of aromatic nitrogens is 2. The molecule has 2 amide bonds. The van der Waals surface area contributed by atoms with E-state index < -0.39 is 0 Å². The number of carbonyl (C=O) groups is 2. The maximum Gasteiger partial charge on any atom is 0.225 e. The van der Waals surface area contributed by atoms with Crippen molar-refractivity contribution in [2.45, 2.75) is 26.7 Å². The number of para-hydroxylation sites is 3. The first-order valence-corrected chi connectivity index (χ1v) is 10.6. The Labute approximate surface area is 177 Å². The fourth-order valence-corrected chi connectivity index (χ4v) is 4.03. The Balaban J connectivity index is 1.46. The smallest absolute Gasteiger partial charge is 0.225 e. The molecule has 3 aromatic rings. The molecule has 0 spiro atoms. The number of nitrogens with zero attached hydrogens (tertiary/aromatic N) is 4. The summed E-state index contributed by atoms with van der Waals surface area (Å²) in [4.78, 5) is 33.5. The van der Waals surface area contributed by atoms with Crippen molar-refractivity contribution in [2.75, 3.05) is 26.2 Å². The highest BCUT2D eigenvalue weighted by molar-refractivity contribution is 5.80. The molecule has 6 heteroatoms. The Morgan fingerprint density at radius 1 is 0.900 bits per heavy atom. The Kier molecular flexibility index (Phi) is 5.84. The number of amides is 2. The number of aryl methyl sites for hydroxylation is 1. The van der Waals surface area contributed by atoms with Crippen LogP contribution in [0.25, 0.3) is 16.7 Å². The summed E-state index contributed by atoms with van der Waals surface area (Å²) in [5, 5.41) is 0. The molecule has 30 heavy (non-hydrogen) atoms. The molecule has 6 nitrogen and oxygen atoms in total. The maximum absolute atomic E-state index is 12.8. The summed E-state index contributed by atoms with van der Waals surface area (Å²) in [5.41, 5.74) is 3.03. The molecule has 0 radical (unpaired) electrons.